The number of rotatable bonds is 6. The summed E-state index contributed by atoms with van der Waals surface area (Å²) >= 11 is 0. The Hall–Kier alpha value is -2.89. The van der Waals surface area contributed by atoms with E-state index in [1.54, 1.807) is 19.1 Å². The zero-order valence-corrected chi connectivity index (χ0v) is 14.3. The summed E-state index contributed by atoms with van der Waals surface area (Å²) in [6, 6.07) is 8.94. The predicted molar refractivity (Wildman–Crippen MR) is 91.8 cm³/mol. The van der Waals surface area contributed by atoms with Crippen LogP contribution in [-0.2, 0) is 0 Å². The molecule has 5 nitrogen and oxygen atoms in total. The van der Waals surface area contributed by atoms with Crippen LogP contribution in [0, 0.1) is 12.7 Å². The number of hydrogen-bond donors (Lipinski definition) is 2. The molecule has 2 N–H and O–H groups in total. The number of ether oxygens (including phenoxy) is 1. The zero-order valence-electron chi connectivity index (χ0n) is 14.3. The number of amides is 1. The minimum atomic E-state index is -1.16. The number of carboxylic acids is 1. The maximum atomic E-state index is 13.0. The summed E-state index contributed by atoms with van der Waals surface area (Å²) in [5.41, 5.74) is 1.74. The summed E-state index contributed by atoms with van der Waals surface area (Å²) in [6.07, 6.45) is 0. The number of nitrogens with one attached hydrogen (secondary N) is 1. The van der Waals surface area contributed by atoms with E-state index in [4.69, 9.17) is 4.74 Å². The monoisotopic (exact) mass is 345 g/mol. The number of aromatic carboxylic acids is 1. The molecule has 0 spiro atoms. The van der Waals surface area contributed by atoms with Crippen LogP contribution < -0.4 is 10.1 Å². The Morgan fingerprint density at radius 3 is 2.40 bits per heavy atom. The third kappa shape index (κ3) is 4.35. The summed E-state index contributed by atoms with van der Waals surface area (Å²) in [5.74, 6) is -1.64. The highest BCUT2D eigenvalue weighted by Gasteiger charge is 2.18. The van der Waals surface area contributed by atoms with Gasteiger partial charge in [0.1, 0.15) is 17.1 Å². The summed E-state index contributed by atoms with van der Waals surface area (Å²) in [5, 5.41) is 12.0. The van der Waals surface area contributed by atoms with Crippen LogP contribution in [0.5, 0.6) is 5.75 Å². The van der Waals surface area contributed by atoms with E-state index < -0.39 is 5.97 Å². The van der Waals surface area contributed by atoms with Crippen molar-refractivity contribution < 1.29 is 23.8 Å². The predicted octanol–water partition coefficient (Wildman–Crippen LogP) is 3.37. The molecule has 1 amide bonds. The molecule has 0 radical (unpaired) electrons. The lowest BCUT2D eigenvalue weighted by atomic mass is 10.00. The summed E-state index contributed by atoms with van der Waals surface area (Å²) in [6.45, 7) is 3.97. The van der Waals surface area contributed by atoms with E-state index >= 15 is 0 Å². The Morgan fingerprint density at radius 1 is 1.20 bits per heavy atom. The molecule has 0 heterocycles. The zero-order chi connectivity index (χ0) is 18.6. The number of aryl methyl sites for hydroxylation is 1. The van der Waals surface area contributed by atoms with Gasteiger partial charge in [0.25, 0.3) is 5.91 Å². The van der Waals surface area contributed by atoms with Gasteiger partial charge in [0, 0.05) is 12.1 Å². The standard InChI is InChI=1S/C19H20FNO4/c1-11-8-17(25-3)16(19(23)24)9-15(11)18(22)21-10-12(2)13-4-6-14(20)7-5-13/h4-9,12H,10H2,1-3H3,(H,21,22)(H,23,24). The van der Waals surface area contributed by atoms with Crippen LogP contribution >= 0.6 is 0 Å². The van der Waals surface area contributed by atoms with E-state index in [2.05, 4.69) is 5.32 Å². The van der Waals surface area contributed by atoms with Gasteiger partial charge < -0.3 is 15.2 Å². The average Bonchev–Trinajstić information content (AvgIpc) is 2.59. The Kier molecular flexibility index (Phi) is 5.75. The molecule has 0 fully saturated rings. The molecule has 1 atom stereocenters. The SMILES string of the molecule is COc1cc(C)c(C(=O)NCC(C)c2ccc(F)cc2)cc1C(=O)O. The highest BCUT2D eigenvalue weighted by Crippen LogP contribution is 2.24. The number of halogens is 1. The Balaban J connectivity index is 2.14. The number of carbonyl (C=O) groups excluding carboxylic acids is 1. The molecule has 0 saturated heterocycles. The first-order chi connectivity index (χ1) is 11.8. The fourth-order valence-corrected chi connectivity index (χ4v) is 2.51. The van der Waals surface area contributed by atoms with E-state index in [0.29, 0.717) is 12.1 Å². The maximum absolute atomic E-state index is 13.0. The molecule has 0 bridgehead atoms. The lowest BCUT2D eigenvalue weighted by molar-refractivity contribution is 0.0693. The van der Waals surface area contributed by atoms with Crippen LogP contribution in [0.1, 0.15) is 44.7 Å². The Bertz CT molecular complexity index is 787. The number of benzene rings is 2. The van der Waals surface area contributed by atoms with Crippen molar-refractivity contribution in [2.75, 3.05) is 13.7 Å². The van der Waals surface area contributed by atoms with Crippen molar-refractivity contribution in [1.29, 1.82) is 0 Å². The average molecular weight is 345 g/mol. The molecule has 2 rings (SSSR count). The van der Waals surface area contributed by atoms with Crippen LogP contribution in [0.4, 0.5) is 4.39 Å². The number of hydrogen-bond acceptors (Lipinski definition) is 3. The van der Waals surface area contributed by atoms with Gasteiger partial charge in [0.15, 0.2) is 0 Å². The third-order valence-corrected chi connectivity index (χ3v) is 4.03. The quantitative estimate of drug-likeness (QED) is 0.842. The van der Waals surface area contributed by atoms with Crippen molar-refractivity contribution in [3.05, 3.63) is 64.5 Å². The van der Waals surface area contributed by atoms with Crippen molar-refractivity contribution >= 4 is 11.9 Å². The van der Waals surface area contributed by atoms with Crippen molar-refractivity contribution in [3.63, 3.8) is 0 Å². The van der Waals surface area contributed by atoms with Crippen molar-refractivity contribution in [1.82, 2.24) is 5.32 Å². The molecule has 2 aromatic rings. The Morgan fingerprint density at radius 2 is 1.84 bits per heavy atom. The van der Waals surface area contributed by atoms with E-state index in [1.165, 1.54) is 31.4 Å². The number of methoxy groups -OCH3 is 1. The molecule has 0 saturated carbocycles. The summed E-state index contributed by atoms with van der Waals surface area (Å²) < 4.78 is 18.0. The van der Waals surface area contributed by atoms with Crippen molar-refractivity contribution in [2.24, 2.45) is 0 Å². The fraction of sp³-hybridized carbons (Fsp3) is 0.263. The van der Waals surface area contributed by atoms with Crippen LogP contribution in [-0.4, -0.2) is 30.6 Å². The molecule has 0 aliphatic carbocycles. The molecule has 0 aromatic heterocycles. The number of carboxylic acid groups (broad SMARTS) is 1. The van der Waals surface area contributed by atoms with Gasteiger partial charge in [-0.05, 0) is 48.2 Å². The van der Waals surface area contributed by atoms with Crippen molar-refractivity contribution in [3.8, 4) is 5.75 Å². The molecule has 2 aromatic carbocycles. The number of carbonyl (C=O) groups is 2. The molecule has 25 heavy (non-hydrogen) atoms. The smallest absolute Gasteiger partial charge is 0.339 e. The Labute approximate surface area is 145 Å². The van der Waals surface area contributed by atoms with Crippen LogP contribution in [0.25, 0.3) is 0 Å². The molecule has 0 aliphatic heterocycles. The lowest BCUT2D eigenvalue weighted by Crippen LogP contribution is -2.28. The van der Waals surface area contributed by atoms with Crippen LogP contribution in [0.3, 0.4) is 0 Å². The van der Waals surface area contributed by atoms with Gasteiger partial charge in [0.2, 0.25) is 0 Å². The largest absolute Gasteiger partial charge is 0.496 e. The van der Waals surface area contributed by atoms with E-state index in [9.17, 15) is 19.1 Å². The maximum Gasteiger partial charge on any atom is 0.339 e. The molecular weight excluding hydrogens is 325 g/mol. The first kappa shape index (κ1) is 18.4. The van der Waals surface area contributed by atoms with E-state index in [0.717, 1.165) is 5.56 Å². The van der Waals surface area contributed by atoms with Gasteiger partial charge in [0.05, 0.1) is 7.11 Å². The molecule has 132 valence electrons. The first-order valence-electron chi connectivity index (χ1n) is 7.79. The minimum absolute atomic E-state index is 0.0120. The molecule has 0 aliphatic rings. The van der Waals surface area contributed by atoms with Gasteiger partial charge in [-0.1, -0.05) is 19.1 Å². The normalized spacial score (nSPS) is 11.7. The fourth-order valence-electron chi connectivity index (χ4n) is 2.51. The molecule has 6 heteroatoms. The lowest BCUT2D eigenvalue weighted by Gasteiger charge is -2.15. The highest BCUT2D eigenvalue weighted by molar-refractivity contribution is 6.00. The summed E-state index contributed by atoms with van der Waals surface area (Å²) in [4.78, 5) is 23.7. The summed E-state index contributed by atoms with van der Waals surface area (Å²) in [7, 11) is 1.38. The van der Waals surface area contributed by atoms with Crippen molar-refractivity contribution in [2.45, 2.75) is 19.8 Å². The third-order valence-electron chi connectivity index (χ3n) is 4.03. The second-order valence-electron chi connectivity index (χ2n) is 5.84. The van der Waals surface area contributed by atoms with E-state index in [-0.39, 0.29) is 34.5 Å². The van der Waals surface area contributed by atoms with Gasteiger partial charge in [-0.3, -0.25) is 4.79 Å². The second kappa shape index (κ2) is 7.79. The molecule has 1 unspecified atom stereocenters. The van der Waals surface area contributed by atoms with Crippen LogP contribution in [0.15, 0.2) is 36.4 Å². The minimum Gasteiger partial charge on any atom is -0.496 e. The first-order valence-corrected chi connectivity index (χ1v) is 7.79. The highest BCUT2D eigenvalue weighted by atomic mass is 19.1. The van der Waals surface area contributed by atoms with E-state index in [1.807, 2.05) is 6.92 Å². The van der Waals surface area contributed by atoms with Gasteiger partial charge in [-0.15, -0.1) is 0 Å². The van der Waals surface area contributed by atoms with Gasteiger partial charge in [-0.25, -0.2) is 9.18 Å². The second-order valence-corrected chi connectivity index (χ2v) is 5.84. The molecular formula is C19H20FNO4. The topological polar surface area (TPSA) is 75.6 Å². The van der Waals surface area contributed by atoms with Gasteiger partial charge in [-0.2, -0.15) is 0 Å². The van der Waals surface area contributed by atoms with Crippen LogP contribution in [0.2, 0.25) is 0 Å². The van der Waals surface area contributed by atoms with Gasteiger partial charge >= 0.3 is 5.97 Å².